The Bertz CT molecular complexity index is 964. The number of amides is 1. The summed E-state index contributed by atoms with van der Waals surface area (Å²) in [6, 6.07) is 10.2. The maximum atomic E-state index is 12.2. The van der Waals surface area contributed by atoms with Crippen molar-refractivity contribution in [2.45, 2.75) is 6.54 Å². The monoisotopic (exact) mass is 403 g/mol. The maximum Gasteiger partial charge on any atom is 0.253 e. The molecular formula is C19H18ClN3O5. The summed E-state index contributed by atoms with van der Waals surface area (Å²) in [5, 5.41) is 7.01. The standard InChI is InChI=1S/C19H18ClN3O5/c1-25-14-8-11(9-15(26-2)17(14)27-3)18-22-16(28-23-18)10-21-19(24)12-6-4-5-7-13(12)20/h4-9H,10H2,1-3H3,(H,21,24). The Hall–Kier alpha value is -3.26. The number of benzene rings is 2. The molecule has 9 heteroatoms. The molecule has 0 bridgehead atoms. The molecule has 1 heterocycles. The van der Waals surface area contributed by atoms with Gasteiger partial charge in [0.2, 0.25) is 17.5 Å². The summed E-state index contributed by atoms with van der Waals surface area (Å²) in [5.41, 5.74) is 0.982. The van der Waals surface area contributed by atoms with Gasteiger partial charge in [-0.25, -0.2) is 0 Å². The van der Waals surface area contributed by atoms with Crippen molar-refractivity contribution in [3.05, 3.63) is 52.9 Å². The van der Waals surface area contributed by atoms with E-state index in [2.05, 4.69) is 15.5 Å². The predicted molar refractivity (Wildman–Crippen MR) is 102 cm³/mol. The minimum Gasteiger partial charge on any atom is -0.493 e. The number of aromatic nitrogens is 2. The summed E-state index contributed by atoms with van der Waals surface area (Å²) in [5.74, 6) is 1.62. The van der Waals surface area contributed by atoms with Crippen LogP contribution in [0.4, 0.5) is 0 Å². The first kappa shape index (κ1) is 19.5. The Balaban J connectivity index is 1.77. The Kier molecular flexibility index (Phi) is 6.00. The van der Waals surface area contributed by atoms with Gasteiger partial charge in [-0.15, -0.1) is 0 Å². The molecule has 1 amide bonds. The number of rotatable bonds is 7. The average Bonchev–Trinajstić information content (AvgIpc) is 3.20. The molecule has 0 aliphatic rings. The van der Waals surface area contributed by atoms with Gasteiger partial charge in [-0.1, -0.05) is 28.9 Å². The van der Waals surface area contributed by atoms with Crippen LogP contribution >= 0.6 is 11.6 Å². The number of nitrogens with one attached hydrogen (secondary N) is 1. The van der Waals surface area contributed by atoms with Crippen molar-refractivity contribution in [3.8, 4) is 28.6 Å². The molecule has 0 spiro atoms. The average molecular weight is 404 g/mol. The second-order valence-electron chi connectivity index (χ2n) is 5.59. The number of hydrogen-bond donors (Lipinski definition) is 1. The van der Waals surface area contributed by atoms with Gasteiger partial charge >= 0.3 is 0 Å². The van der Waals surface area contributed by atoms with Gasteiger partial charge in [0.15, 0.2) is 11.5 Å². The fourth-order valence-electron chi connectivity index (χ4n) is 2.55. The minimum absolute atomic E-state index is 0.0570. The molecular weight excluding hydrogens is 386 g/mol. The highest BCUT2D eigenvalue weighted by atomic mass is 35.5. The topological polar surface area (TPSA) is 95.7 Å². The van der Waals surface area contributed by atoms with Crippen LogP contribution < -0.4 is 19.5 Å². The molecule has 0 saturated carbocycles. The number of carbonyl (C=O) groups is 1. The molecule has 3 aromatic rings. The van der Waals surface area contributed by atoms with Gasteiger partial charge < -0.3 is 24.1 Å². The van der Waals surface area contributed by atoms with E-state index in [9.17, 15) is 4.79 Å². The predicted octanol–water partition coefficient (Wildman–Crippen LogP) is 3.35. The molecule has 0 saturated heterocycles. The molecule has 28 heavy (non-hydrogen) atoms. The summed E-state index contributed by atoms with van der Waals surface area (Å²) in [6.07, 6.45) is 0. The number of methoxy groups -OCH3 is 3. The largest absolute Gasteiger partial charge is 0.493 e. The molecule has 2 aromatic carbocycles. The molecule has 1 N–H and O–H groups in total. The molecule has 0 aliphatic carbocycles. The van der Waals surface area contributed by atoms with Crippen LogP contribution in [0.1, 0.15) is 16.2 Å². The maximum absolute atomic E-state index is 12.2. The van der Waals surface area contributed by atoms with E-state index in [-0.39, 0.29) is 18.3 Å². The molecule has 8 nitrogen and oxygen atoms in total. The van der Waals surface area contributed by atoms with Crippen LogP contribution in [0.5, 0.6) is 17.2 Å². The first-order chi connectivity index (χ1) is 13.6. The summed E-state index contributed by atoms with van der Waals surface area (Å²) < 4.78 is 21.2. The van der Waals surface area contributed by atoms with Crippen molar-refractivity contribution in [1.82, 2.24) is 15.5 Å². The number of carbonyl (C=O) groups excluding carboxylic acids is 1. The van der Waals surface area contributed by atoms with Gasteiger partial charge in [0.05, 0.1) is 38.5 Å². The normalized spacial score (nSPS) is 10.4. The summed E-state index contributed by atoms with van der Waals surface area (Å²) in [6.45, 7) is 0.0570. The quantitative estimate of drug-likeness (QED) is 0.646. The molecule has 3 rings (SSSR count). The van der Waals surface area contributed by atoms with Crippen LogP contribution in [0.2, 0.25) is 5.02 Å². The van der Waals surface area contributed by atoms with Crippen molar-refractivity contribution in [2.24, 2.45) is 0 Å². The number of ether oxygens (including phenoxy) is 3. The van der Waals surface area contributed by atoms with Crippen molar-refractivity contribution < 1.29 is 23.5 Å². The molecule has 0 aliphatic heterocycles. The van der Waals surface area contributed by atoms with E-state index in [4.69, 9.17) is 30.3 Å². The fraction of sp³-hybridized carbons (Fsp3) is 0.211. The third-order valence-corrected chi connectivity index (χ3v) is 4.24. The Labute approximate surface area is 166 Å². The van der Waals surface area contributed by atoms with Crippen molar-refractivity contribution in [1.29, 1.82) is 0 Å². The number of halogens is 1. The summed E-state index contributed by atoms with van der Waals surface area (Å²) >= 11 is 6.02. The van der Waals surface area contributed by atoms with Gasteiger partial charge in [-0.3, -0.25) is 4.79 Å². The molecule has 1 aromatic heterocycles. The van der Waals surface area contributed by atoms with Gasteiger partial charge in [-0.05, 0) is 24.3 Å². The zero-order valence-electron chi connectivity index (χ0n) is 15.5. The van der Waals surface area contributed by atoms with Gasteiger partial charge in [-0.2, -0.15) is 4.98 Å². The van der Waals surface area contributed by atoms with Crippen LogP contribution in [0, 0.1) is 0 Å². The summed E-state index contributed by atoms with van der Waals surface area (Å²) in [7, 11) is 4.56. The van der Waals surface area contributed by atoms with E-state index >= 15 is 0 Å². The van der Waals surface area contributed by atoms with E-state index in [0.29, 0.717) is 39.2 Å². The van der Waals surface area contributed by atoms with E-state index < -0.39 is 0 Å². The van der Waals surface area contributed by atoms with Gasteiger partial charge in [0.1, 0.15) is 0 Å². The lowest BCUT2D eigenvalue weighted by molar-refractivity contribution is 0.0946. The highest BCUT2D eigenvalue weighted by Crippen LogP contribution is 2.40. The number of nitrogens with zero attached hydrogens (tertiary/aromatic N) is 2. The van der Waals surface area contributed by atoms with Crippen molar-refractivity contribution >= 4 is 17.5 Å². The van der Waals surface area contributed by atoms with Gasteiger partial charge in [0.25, 0.3) is 5.91 Å². The molecule has 0 fully saturated rings. The lowest BCUT2D eigenvalue weighted by Crippen LogP contribution is -2.23. The first-order valence-corrected chi connectivity index (χ1v) is 8.60. The Morgan fingerprint density at radius 1 is 1.11 bits per heavy atom. The molecule has 146 valence electrons. The molecule has 0 unspecified atom stereocenters. The zero-order chi connectivity index (χ0) is 20.1. The van der Waals surface area contributed by atoms with Crippen molar-refractivity contribution in [3.63, 3.8) is 0 Å². The van der Waals surface area contributed by atoms with Crippen LogP contribution in [-0.4, -0.2) is 37.4 Å². The third-order valence-electron chi connectivity index (χ3n) is 3.91. The van der Waals surface area contributed by atoms with E-state index in [1.165, 1.54) is 21.3 Å². The van der Waals surface area contributed by atoms with Crippen LogP contribution in [0.25, 0.3) is 11.4 Å². The minimum atomic E-state index is -0.335. The number of hydrogen-bond acceptors (Lipinski definition) is 7. The lowest BCUT2D eigenvalue weighted by Gasteiger charge is -2.12. The van der Waals surface area contributed by atoms with Crippen molar-refractivity contribution in [2.75, 3.05) is 21.3 Å². The zero-order valence-corrected chi connectivity index (χ0v) is 16.2. The second kappa shape index (κ2) is 8.62. The van der Waals surface area contributed by atoms with Gasteiger partial charge in [0, 0.05) is 5.56 Å². The lowest BCUT2D eigenvalue weighted by atomic mass is 10.1. The third kappa shape index (κ3) is 4.01. The second-order valence-corrected chi connectivity index (χ2v) is 6.00. The van der Waals surface area contributed by atoms with E-state index in [1.54, 1.807) is 36.4 Å². The van der Waals surface area contributed by atoms with Crippen LogP contribution in [-0.2, 0) is 6.54 Å². The highest BCUT2D eigenvalue weighted by Gasteiger charge is 2.18. The van der Waals surface area contributed by atoms with E-state index in [0.717, 1.165) is 0 Å². The highest BCUT2D eigenvalue weighted by molar-refractivity contribution is 6.33. The molecule has 0 atom stereocenters. The van der Waals surface area contributed by atoms with E-state index in [1.807, 2.05) is 0 Å². The Morgan fingerprint density at radius 3 is 2.39 bits per heavy atom. The Morgan fingerprint density at radius 2 is 1.79 bits per heavy atom. The fourth-order valence-corrected chi connectivity index (χ4v) is 2.77. The smallest absolute Gasteiger partial charge is 0.253 e. The molecule has 0 radical (unpaired) electrons. The van der Waals surface area contributed by atoms with Crippen LogP contribution in [0.15, 0.2) is 40.9 Å². The first-order valence-electron chi connectivity index (χ1n) is 8.23. The summed E-state index contributed by atoms with van der Waals surface area (Å²) in [4.78, 5) is 16.5. The SMILES string of the molecule is COc1cc(-c2noc(CNC(=O)c3ccccc3Cl)n2)cc(OC)c1OC. The van der Waals surface area contributed by atoms with Crippen LogP contribution in [0.3, 0.4) is 0 Å².